The van der Waals surface area contributed by atoms with Crippen molar-refractivity contribution >= 4 is 12.4 Å². The summed E-state index contributed by atoms with van der Waals surface area (Å²) in [5, 5.41) is 21.6. The van der Waals surface area contributed by atoms with Crippen LogP contribution >= 0.6 is 0 Å². The molecule has 0 aromatic heterocycles. The van der Waals surface area contributed by atoms with Crippen molar-refractivity contribution in [1.82, 2.24) is 0 Å². The third kappa shape index (κ3) is 6.54. The van der Waals surface area contributed by atoms with Crippen molar-refractivity contribution in [1.29, 1.82) is 0 Å². The molecule has 0 radical (unpaired) electrons. The topological polar surface area (TPSA) is 65.2 Å². The first-order valence-corrected chi connectivity index (χ1v) is 12.4. The van der Waals surface area contributed by atoms with Gasteiger partial charge in [0.25, 0.3) is 0 Å². The zero-order valence-corrected chi connectivity index (χ0v) is 20.7. The van der Waals surface area contributed by atoms with Crippen LogP contribution < -0.4 is 0 Å². The molecule has 1 aromatic rings. The number of aliphatic hydroxyl groups is 1. The van der Waals surface area contributed by atoms with Crippen LogP contribution in [0.5, 0.6) is 5.75 Å². The normalized spacial score (nSPS) is 24.4. The molecule has 3 rings (SSSR count). The Morgan fingerprint density at radius 1 is 1.06 bits per heavy atom. The molecule has 0 saturated heterocycles. The Bertz CT molecular complexity index is 962. The minimum atomic E-state index is -0.603. The van der Waals surface area contributed by atoms with Crippen LogP contribution in [0, 0.1) is 0 Å². The summed E-state index contributed by atoms with van der Waals surface area (Å²) in [7, 11) is 0. The second-order valence-corrected chi connectivity index (χ2v) is 10.4. The first-order valence-electron chi connectivity index (χ1n) is 12.4. The zero-order valence-electron chi connectivity index (χ0n) is 20.7. The molecule has 4 nitrogen and oxygen atoms in total. The molecule has 178 valence electrons. The molecule has 0 heterocycles. The molecule has 4 heteroatoms. The van der Waals surface area contributed by atoms with Crippen LogP contribution in [0.3, 0.4) is 0 Å². The number of phenolic OH excluding ortho intramolecular Hbond substituents is 1. The minimum Gasteiger partial charge on any atom is -0.507 e. The molecular formula is C29H40N2O2. The van der Waals surface area contributed by atoms with Gasteiger partial charge in [-0.2, -0.15) is 0 Å². The second kappa shape index (κ2) is 11.1. The van der Waals surface area contributed by atoms with E-state index in [2.05, 4.69) is 34.3 Å². The first kappa shape index (κ1) is 25.2. The number of rotatable bonds is 7. The largest absolute Gasteiger partial charge is 0.507 e. The van der Waals surface area contributed by atoms with Gasteiger partial charge >= 0.3 is 0 Å². The number of unbranched alkanes of at least 4 members (excludes halogenated alkanes) is 1. The summed E-state index contributed by atoms with van der Waals surface area (Å²) < 4.78 is 0. The molecule has 1 unspecified atom stereocenters. The number of phenols is 1. The van der Waals surface area contributed by atoms with Gasteiger partial charge in [0.15, 0.2) is 0 Å². The highest BCUT2D eigenvalue weighted by atomic mass is 16.3. The molecule has 1 saturated carbocycles. The van der Waals surface area contributed by atoms with Crippen LogP contribution in [-0.2, 0) is 5.41 Å². The molecule has 0 amide bonds. The molecule has 2 aliphatic rings. The van der Waals surface area contributed by atoms with Crippen LogP contribution in [0.1, 0.15) is 83.8 Å². The Kier molecular flexibility index (Phi) is 8.47. The Hall–Kier alpha value is -2.46. The molecule has 3 atom stereocenters. The number of aliphatic hydroxyl groups excluding tert-OH is 1. The van der Waals surface area contributed by atoms with Crippen LogP contribution in [0.2, 0.25) is 0 Å². The fourth-order valence-corrected chi connectivity index (χ4v) is 4.63. The lowest BCUT2D eigenvalue weighted by Gasteiger charge is -2.26. The van der Waals surface area contributed by atoms with Crippen molar-refractivity contribution in [3.8, 4) is 5.75 Å². The summed E-state index contributed by atoms with van der Waals surface area (Å²) in [5.41, 5.74) is 4.31. The molecule has 0 spiro atoms. The molecule has 0 aliphatic heterocycles. The number of aliphatic imine (C=N–C) groups is 2. The predicted octanol–water partition coefficient (Wildman–Crippen LogP) is 6.46. The summed E-state index contributed by atoms with van der Waals surface area (Å²) in [6, 6.07) is 6.02. The van der Waals surface area contributed by atoms with Crippen molar-refractivity contribution in [3.63, 3.8) is 0 Å². The van der Waals surface area contributed by atoms with Crippen molar-refractivity contribution in [2.45, 2.75) is 96.2 Å². The van der Waals surface area contributed by atoms with Gasteiger partial charge in [0, 0.05) is 23.6 Å². The van der Waals surface area contributed by atoms with Crippen LogP contribution in [0.15, 0.2) is 63.6 Å². The molecular weight excluding hydrogens is 408 g/mol. The highest BCUT2D eigenvalue weighted by Crippen LogP contribution is 2.33. The first-order chi connectivity index (χ1) is 15.7. The molecule has 33 heavy (non-hydrogen) atoms. The average Bonchev–Trinajstić information content (AvgIpc) is 2.77. The number of para-hydroxylation sites is 1. The van der Waals surface area contributed by atoms with E-state index in [0.717, 1.165) is 72.8 Å². The number of nitrogens with zero attached hydrogens (tertiary/aromatic N) is 2. The van der Waals surface area contributed by atoms with E-state index in [-0.39, 0.29) is 17.5 Å². The van der Waals surface area contributed by atoms with Gasteiger partial charge in [0.05, 0.1) is 12.1 Å². The lowest BCUT2D eigenvalue weighted by Crippen LogP contribution is -2.28. The molecule has 1 fully saturated rings. The summed E-state index contributed by atoms with van der Waals surface area (Å²) in [5.74, 6) is 0.310. The van der Waals surface area contributed by atoms with Crippen LogP contribution in [0.25, 0.3) is 0 Å². The van der Waals surface area contributed by atoms with Crippen molar-refractivity contribution in [2.75, 3.05) is 0 Å². The van der Waals surface area contributed by atoms with E-state index >= 15 is 0 Å². The van der Waals surface area contributed by atoms with Gasteiger partial charge in [0.1, 0.15) is 11.9 Å². The van der Waals surface area contributed by atoms with Crippen molar-refractivity contribution in [2.24, 2.45) is 9.98 Å². The lowest BCUT2D eigenvalue weighted by molar-refractivity contribution is 0.246. The number of benzene rings is 1. The molecule has 1 aromatic carbocycles. The van der Waals surface area contributed by atoms with Gasteiger partial charge in [0.2, 0.25) is 0 Å². The van der Waals surface area contributed by atoms with E-state index in [1.165, 1.54) is 0 Å². The van der Waals surface area contributed by atoms with E-state index in [1.807, 2.05) is 42.8 Å². The SMILES string of the molecule is C=C1C=C(C=N[C@H]2CCCC[C@@H]2N=Cc2cccc(C(C)(C)C)c2O)C(O)C(CCCC)=C1. The maximum absolute atomic E-state index is 10.8. The predicted molar refractivity (Wildman–Crippen MR) is 140 cm³/mol. The fraction of sp³-hybridized carbons (Fsp3) is 0.517. The van der Waals surface area contributed by atoms with E-state index in [4.69, 9.17) is 9.98 Å². The van der Waals surface area contributed by atoms with E-state index in [1.54, 1.807) is 0 Å². The van der Waals surface area contributed by atoms with Gasteiger partial charge in [-0.25, -0.2) is 0 Å². The summed E-state index contributed by atoms with van der Waals surface area (Å²) in [4.78, 5) is 9.74. The van der Waals surface area contributed by atoms with E-state index in [0.29, 0.717) is 5.75 Å². The number of allylic oxidation sites excluding steroid dienone is 3. The summed E-state index contributed by atoms with van der Waals surface area (Å²) in [6.45, 7) is 12.5. The van der Waals surface area contributed by atoms with Gasteiger partial charge in [-0.05, 0) is 60.0 Å². The minimum absolute atomic E-state index is 0.0762. The van der Waals surface area contributed by atoms with Gasteiger partial charge < -0.3 is 10.2 Å². The van der Waals surface area contributed by atoms with E-state index in [9.17, 15) is 10.2 Å². The molecule has 0 bridgehead atoms. The Morgan fingerprint density at radius 2 is 1.73 bits per heavy atom. The maximum Gasteiger partial charge on any atom is 0.128 e. The fourth-order valence-electron chi connectivity index (χ4n) is 4.63. The Labute approximate surface area is 199 Å². The average molecular weight is 449 g/mol. The highest BCUT2D eigenvalue weighted by molar-refractivity contribution is 5.85. The van der Waals surface area contributed by atoms with Crippen LogP contribution in [0.4, 0.5) is 0 Å². The Morgan fingerprint density at radius 3 is 2.36 bits per heavy atom. The van der Waals surface area contributed by atoms with Gasteiger partial charge in [-0.15, -0.1) is 0 Å². The number of hydrogen-bond donors (Lipinski definition) is 2. The maximum atomic E-state index is 10.8. The third-order valence-electron chi connectivity index (χ3n) is 6.60. The van der Waals surface area contributed by atoms with Crippen molar-refractivity contribution in [3.05, 3.63) is 64.8 Å². The molecule has 2 aliphatic carbocycles. The third-order valence-corrected chi connectivity index (χ3v) is 6.60. The van der Waals surface area contributed by atoms with Crippen LogP contribution in [-0.4, -0.2) is 40.8 Å². The van der Waals surface area contributed by atoms with Gasteiger partial charge in [-0.1, -0.05) is 71.7 Å². The summed E-state index contributed by atoms with van der Waals surface area (Å²) in [6.07, 6.45) is 14.2. The monoisotopic (exact) mass is 448 g/mol. The lowest BCUT2D eigenvalue weighted by atomic mass is 9.85. The zero-order chi connectivity index (χ0) is 24.0. The number of hydrogen-bond acceptors (Lipinski definition) is 4. The van der Waals surface area contributed by atoms with E-state index < -0.39 is 6.10 Å². The quantitative estimate of drug-likeness (QED) is 0.470. The Balaban J connectivity index is 1.75. The van der Waals surface area contributed by atoms with Gasteiger partial charge in [-0.3, -0.25) is 9.98 Å². The molecule has 2 N–H and O–H groups in total. The van der Waals surface area contributed by atoms with Crippen molar-refractivity contribution < 1.29 is 10.2 Å². The standard InChI is InChI=1S/C29H40N2O2/c1-6-7-11-21-16-20(2)17-23(27(21)32)19-31-26-15-9-8-14-25(26)30-18-22-12-10-13-24(28(22)33)29(3,4)5/h10,12-13,16-19,25-27,32-33H,2,6-9,11,14-15H2,1,3-5H3/t25-,26-,27?/m0/s1. The number of aromatic hydroxyl groups is 1. The second-order valence-electron chi connectivity index (χ2n) is 10.4. The smallest absolute Gasteiger partial charge is 0.128 e. The summed E-state index contributed by atoms with van der Waals surface area (Å²) >= 11 is 0. The highest BCUT2D eigenvalue weighted by Gasteiger charge is 2.25.